The van der Waals surface area contributed by atoms with Crippen molar-refractivity contribution in [3.63, 3.8) is 0 Å². The molecule has 19 heavy (non-hydrogen) atoms. The van der Waals surface area contributed by atoms with Crippen molar-refractivity contribution >= 4 is 21.7 Å². The number of hydrogen-bond acceptors (Lipinski definition) is 2. The third-order valence-electron chi connectivity index (χ3n) is 4.55. The first-order valence-electron chi connectivity index (χ1n) is 7.10. The maximum atomic E-state index is 12.2. The molecule has 0 radical (unpaired) electrons. The van der Waals surface area contributed by atoms with Crippen LogP contribution in [0.2, 0.25) is 0 Å². The van der Waals surface area contributed by atoms with Crippen molar-refractivity contribution in [2.75, 3.05) is 19.6 Å². The standard InChI is InChI=1S/C16H22BrNO/c1-3-16(4-2)9-10-18(12-16)11-15(19)13-5-7-14(17)8-6-13/h5-8H,3-4,9-12H2,1-2H3. The second-order valence-corrected chi connectivity index (χ2v) is 6.51. The molecule has 0 bridgehead atoms. The lowest BCUT2D eigenvalue weighted by molar-refractivity contribution is 0.0936. The summed E-state index contributed by atoms with van der Waals surface area (Å²) in [6, 6.07) is 7.66. The smallest absolute Gasteiger partial charge is 0.176 e. The lowest BCUT2D eigenvalue weighted by Gasteiger charge is -2.26. The largest absolute Gasteiger partial charge is 0.295 e. The molecule has 0 unspecified atom stereocenters. The summed E-state index contributed by atoms with van der Waals surface area (Å²) in [5.41, 5.74) is 1.26. The average Bonchev–Trinajstić information content (AvgIpc) is 2.83. The summed E-state index contributed by atoms with van der Waals surface area (Å²) in [7, 11) is 0. The molecule has 1 aromatic rings. The topological polar surface area (TPSA) is 20.3 Å². The maximum absolute atomic E-state index is 12.2. The van der Waals surface area contributed by atoms with Crippen molar-refractivity contribution in [1.82, 2.24) is 4.90 Å². The van der Waals surface area contributed by atoms with Gasteiger partial charge >= 0.3 is 0 Å². The number of ketones is 1. The number of carbonyl (C=O) groups excluding carboxylic acids is 1. The minimum atomic E-state index is 0.232. The van der Waals surface area contributed by atoms with Crippen LogP contribution in [0.1, 0.15) is 43.5 Å². The number of likely N-dealkylation sites (tertiary alicyclic amines) is 1. The van der Waals surface area contributed by atoms with E-state index in [4.69, 9.17) is 0 Å². The zero-order chi connectivity index (χ0) is 13.9. The number of benzene rings is 1. The monoisotopic (exact) mass is 323 g/mol. The molecule has 1 saturated heterocycles. The Morgan fingerprint density at radius 2 is 1.89 bits per heavy atom. The minimum Gasteiger partial charge on any atom is -0.295 e. The van der Waals surface area contributed by atoms with Gasteiger partial charge in [-0.3, -0.25) is 9.69 Å². The zero-order valence-corrected chi connectivity index (χ0v) is 13.4. The molecule has 0 saturated carbocycles. The molecule has 2 rings (SSSR count). The van der Waals surface area contributed by atoms with Crippen LogP contribution in [0.5, 0.6) is 0 Å². The third-order valence-corrected chi connectivity index (χ3v) is 5.08. The Labute approximate surface area is 124 Å². The predicted octanol–water partition coefficient (Wildman–Crippen LogP) is 4.14. The van der Waals surface area contributed by atoms with Crippen LogP contribution in [0.25, 0.3) is 0 Å². The van der Waals surface area contributed by atoms with Crippen LogP contribution in [0, 0.1) is 5.41 Å². The van der Waals surface area contributed by atoms with Gasteiger partial charge in [-0.05, 0) is 43.4 Å². The van der Waals surface area contributed by atoms with Crippen molar-refractivity contribution in [2.24, 2.45) is 5.41 Å². The highest BCUT2D eigenvalue weighted by molar-refractivity contribution is 9.10. The maximum Gasteiger partial charge on any atom is 0.176 e. The first-order chi connectivity index (χ1) is 9.08. The highest BCUT2D eigenvalue weighted by atomic mass is 79.9. The zero-order valence-electron chi connectivity index (χ0n) is 11.8. The Morgan fingerprint density at radius 1 is 1.26 bits per heavy atom. The molecule has 0 aliphatic carbocycles. The SMILES string of the molecule is CCC1(CC)CCN(CC(=O)c2ccc(Br)cc2)C1. The number of halogens is 1. The summed E-state index contributed by atoms with van der Waals surface area (Å²) in [5, 5.41) is 0. The van der Waals surface area contributed by atoms with Gasteiger partial charge in [0, 0.05) is 16.6 Å². The molecule has 1 aromatic carbocycles. The van der Waals surface area contributed by atoms with E-state index in [0.29, 0.717) is 12.0 Å². The summed E-state index contributed by atoms with van der Waals surface area (Å²) >= 11 is 3.39. The Balaban J connectivity index is 1.95. The van der Waals surface area contributed by atoms with Crippen LogP contribution in [0.4, 0.5) is 0 Å². The average molecular weight is 324 g/mol. The van der Waals surface area contributed by atoms with E-state index < -0.39 is 0 Å². The first-order valence-corrected chi connectivity index (χ1v) is 7.89. The van der Waals surface area contributed by atoms with Gasteiger partial charge in [-0.2, -0.15) is 0 Å². The van der Waals surface area contributed by atoms with Crippen LogP contribution in [-0.2, 0) is 0 Å². The number of nitrogens with zero attached hydrogens (tertiary/aromatic N) is 1. The second kappa shape index (κ2) is 6.19. The molecule has 1 fully saturated rings. The molecular weight excluding hydrogens is 302 g/mol. The number of rotatable bonds is 5. The molecule has 104 valence electrons. The molecule has 0 atom stereocenters. The Bertz CT molecular complexity index is 437. The van der Waals surface area contributed by atoms with Crippen LogP contribution < -0.4 is 0 Å². The minimum absolute atomic E-state index is 0.232. The van der Waals surface area contributed by atoms with Crippen molar-refractivity contribution < 1.29 is 4.79 Å². The van der Waals surface area contributed by atoms with E-state index in [0.717, 1.165) is 23.1 Å². The molecule has 1 aliphatic heterocycles. The van der Waals surface area contributed by atoms with Gasteiger partial charge in [0.2, 0.25) is 0 Å². The van der Waals surface area contributed by atoms with Crippen LogP contribution in [0.15, 0.2) is 28.7 Å². The predicted molar refractivity (Wildman–Crippen MR) is 82.5 cm³/mol. The lowest BCUT2D eigenvalue weighted by Crippen LogP contribution is -2.30. The summed E-state index contributed by atoms with van der Waals surface area (Å²) in [6.07, 6.45) is 3.66. The van der Waals surface area contributed by atoms with Gasteiger partial charge in [-0.25, -0.2) is 0 Å². The van der Waals surface area contributed by atoms with Gasteiger partial charge in [0.25, 0.3) is 0 Å². The summed E-state index contributed by atoms with van der Waals surface area (Å²) in [4.78, 5) is 14.6. The molecule has 0 spiro atoms. The molecule has 3 heteroatoms. The highest BCUT2D eigenvalue weighted by Crippen LogP contribution is 2.36. The molecule has 0 N–H and O–H groups in total. The fourth-order valence-electron chi connectivity index (χ4n) is 2.92. The van der Waals surface area contributed by atoms with Gasteiger partial charge in [-0.1, -0.05) is 41.9 Å². The quantitative estimate of drug-likeness (QED) is 0.759. The van der Waals surface area contributed by atoms with E-state index in [-0.39, 0.29) is 5.78 Å². The van der Waals surface area contributed by atoms with Crippen molar-refractivity contribution in [2.45, 2.75) is 33.1 Å². The van der Waals surface area contributed by atoms with E-state index in [9.17, 15) is 4.79 Å². The van der Waals surface area contributed by atoms with Gasteiger partial charge in [0.05, 0.1) is 6.54 Å². The van der Waals surface area contributed by atoms with E-state index in [1.807, 2.05) is 24.3 Å². The molecule has 0 aromatic heterocycles. The van der Waals surface area contributed by atoms with Crippen LogP contribution >= 0.6 is 15.9 Å². The molecule has 2 nitrogen and oxygen atoms in total. The van der Waals surface area contributed by atoms with Gasteiger partial charge < -0.3 is 0 Å². The Morgan fingerprint density at radius 3 is 2.42 bits per heavy atom. The fourth-order valence-corrected chi connectivity index (χ4v) is 3.18. The van der Waals surface area contributed by atoms with Gasteiger partial charge in [-0.15, -0.1) is 0 Å². The van der Waals surface area contributed by atoms with E-state index in [1.54, 1.807) is 0 Å². The van der Waals surface area contributed by atoms with Crippen LogP contribution in [0.3, 0.4) is 0 Å². The van der Waals surface area contributed by atoms with Crippen molar-refractivity contribution in [3.8, 4) is 0 Å². The normalized spacial score (nSPS) is 18.7. The molecule has 0 amide bonds. The summed E-state index contributed by atoms with van der Waals surface area (Å²) in [5.74, 6) is 0.232. The van der Waals surface area contributed by atoms with Gasteiger partial charge in [0.1, 0.15) is 0 Å². The first kappa shape index (κ1) is 14.7. The van der Waals surface area contributed by atoms with Crippen molar-refractivity contribution in [3.05, 3.63) is 34.3 Å². The molecular formula is C16H22BrNO. The number of carbonyl (C=O) groups is 1. The molecule has 1 aliphatic rings. The summed E-state index contributed by atoms with van der Waals surface area (Å²) in [6.45, 7) is 7.22. The summed E-state index contributed by atoms with van der Waals surface area (Å²) < 4.78 is 1.02. The van der Waals surface area contributed by atoms with Crippen LogP contribution in [-0.4, -0.2) is 30.3 Å². The Kier molecular flexibility index (Phi) is 4.80. The molecule has 1 heterocycles. The van der Waals surface area contributed by atoms with Gasteiger partial charge in [0.15, 0.2) is 5.78 Å². The lowest BCUT2D eigenvalue weighted by atomic mass is 9.82. The Hall–Kier alpha value is -0.670. The number of Topliss-reactive ketones (excluding diaryl/α,β-unsaturated/α-hetero) is 1. The third kappa shape index (κ3) is 3.46. The van der Waals surface area contributed by atoms with E-state index >= 15 is 0 Å². The second-order valence-electron chi connectivity index (χ2n) is 5.60. The highest BCUT2D eigenvalue weighted by Gasteiger charge is 2.35. The number of hydrogen-bond donors (Lipinski definition) is 0. The van der Waals surface area contributed by atoms with E-state index in [2.05, 4.69) is 34.7 Å². The van der Waals surface area contributed by atoms with E-state index in [1.165, 1.54) is 19.3 Å². The van der Waals surface area contributed by atoms with Crippen molar-refractivity contribution in [1.29, 1.82) is 0 Å². The fraction of sp³-hybridized carbons (Fsp3) is 0.562.